The summed E-state index contributed by atoms with van der Waals surface area (Å²) in [5.41, 5.74) is 1.09. The minimum absolute atomic E-state index is 0.125. The van der Waals surface area contributed by atoms with Crippen LogP contribution in [0.1, 0.15) is 25.8 Å². The molecule has 6 nitrogen and oxygen atoms in total. The van der Waals surface area contributed by atoms with Crippen molar-refractivity contribution in [2.45, 2.75) is 36.5 Å². The second kappa shape index (κ2) is 7.81. The third kappa shape index (κ3) is 3.66. The Hall–Kier alpha value is -1.97. The van der Waals surface area contributed by atoms with E-state index in [2.05, 4.69) is 0 Å². The lowest BCUT2D eigenvalue weighted by Crippen LogP contribution is -2.36. The number of sulfonamides is 2. The monoisotopic (exact) mass is 426 g/mol. The van der Waals surface area contributed by atoms with Crippen LogP contribution in [0.4, 0.5) is 10.1 Å². The molecule has 0 bridgehead atoms. The number of halogens is 1. The number of benzene rings is 2. The zero-order valence-electron chi connectivity index (χ0n) is 15.8. The first-order valence-electron chi connectivity index (χ1n) is 9.13. The predicted octanol–water partition coefficient (Wildman–Crippen LogP) is 3.00. The molecule has 1 heterocycles. The number of nitrogens with zero attached hydrogens (tertiary/aromatic N) is 2. The molecule has 0 radical (unpaired) electrons. The van der Waals surface area contributed by atoms with E-state index >= 15 is 0 Å². The molecule has 3 rings (SSSR count). The van der Waals surface area contributed by atoms with Crippen LogP contribution in [-0.4, -0.2) is 40.8 Å². The summed E-state index contributed by atoms with van der Waals surface area (Å²) in [6.07, 6.45) is 1.13. The van der Waals surface area contributed by atoms with E-state index in [-0.39, 0.29) is 16.3 Å². The van der Waals surface area contributed by atoms with E-state index in [1.165, 1.54) is 38.9 Å². The van der Waals surface area contributed by atoms with Crippen LogP contribution < -0.4 is 4.31 Å². The molecule has 0 atom stereocenters. The Balaban J connectivity index is 2.04. The van der Waals surface area contributed by atoms with Crippen LogP contribution in [0.5, 0.6) is 0 Å². The number of rotatable bonds is 6. The highest BCUT2D eigenvalue weighted by Gasteiger charge is 2.31. The summed E-state index contributed by atoms with van der Waals surface area (Å²) >= 11 is 0. The van der Waals surface area contributed by atoms with Gasteiger partial charge in [-0.25, -0.2) is 21.2 Å². The quantitative estimate of drug-likeness (QED) is 0.712. The summed E-state index contributed by atoms with van der Waals surface area (Å²) in [7, 11) is -7.57. The largest absolute Gasteiger partial charge is 0.266 e. The summed E-state index contributed by atoms with van der Waals surface area (Å²) < 4.78 is 67.7. The Morgan fingerprint density at radius 3 is 2.36 bits per heavy atom. The van der Waals surface area contributed by atoms with E-state index in [9.17, 15) is 21.2 Å². The molecule has 152 valence electrons. The number of anilines is 1. The molecule has 0 saturated carbocycles. The van der Waals surface area contributed by atoms with Crippen LogP contribution in [0.3, 0.4) is 0 Å². The second-order valence-electron chi connectivity index (χ2n) is 6.52. The molecule has 2 aromatic carbocycles. The molecule has 0 fully saturated rings. The second-order valence-corrected chi connectivity index (χ2v) is 10.3. The number of fused-ring (bicyclic) bond motifs is 1. The van der Waals surface area contributed by atoms with Gasteiger partial charge in [-0.15, -0.1) is 0 Å². The third-order valence-electron chi connectivity index (χ3n) is 4.85. The molecule has 1 aliphatic heterocycles. The SMILES string of the molecule is CCN(CC)S(=O)(=O)c1ccc2c(c1)CCCN2S(=O)(=O)c1cccc(F)c1. The lowest BCUT2D eigenvalue weighted by Gasteiger charge is -2.31. The van der Waals surface area contributed by atoms with E-state index in [1.807, 2.05) is 0 Å². The van der Waals surface area contributed by atoms with Gasteiger partial charge in [0.2, 0.25) is 10.0 Å². The van der Waals surface area contributed by atoms with Crippen LogP contribution >= 0.6 is 0 Å². The molecule has 2 aromatic rings. The third-order valence-corrected chi connectivity index (χ3v) is 8.71. The first-order chi connectivity index (χ1) is 13.2. The van der Waals surface area contributed by atoms with E-state index in [1.54, 1.807) is 19.9 Å². The predicted molar refractivity (Wildman–Crippen MR) is 106 cm³/mol. The topological polar surface area (TPSA) is 74.8 Å². The molecule has 9 heteroatoms. The van der Waals surface area contributed by atoms with Crippen molar-refractivity contribution < 1.29 is 21.2 Å². The van der Waals surface area contributed by atoms with Crippen molar-refractivity contribution in [3.05, 3.63) is 53.8 Å². The minimum Gasteiger partial charge on any atom is -0.266 e. The van der Waals surface area contributed by atoms with Gasteiger partial charge in [-0.1, -0.05) is 19.9 Å². The van der Waals surface area contributed by atoms with Gasteiger partial charge in [0.1, 0.15) is 5.82 Å². The van der Waals surface area contributed by atoms with Crippen molar-refractivity contribution in [1.29, 1.82) is 0 Å². The summed E-state index contributed by atoms with van der Waals surface area (Å²) in [4.78, 5) is 0.0279. The maximum absolute atomic E-state index is 13.5. The standard InChI is InChI=1S/C19H23FN2O4S2/c1-3-21(4-2)27(23,24)18-10-11-19-15(13-18)7-6-12-22(19)28(25,26)17-9-5-8-16(20)14-17/h5,8-11,13-14H,3-4,6-7,12H2,1-2H3. The highest BCUT2D eigenvalue weighted by molar-refractivity contribution is 7.92. The normalized spacial score (nSPS) is 14.9. The first-order valence-corrected chi connectivity index (χ1v) is 12.0. The highest BCUT2D eigenvalue weighted by Crippen LogP contribution is 2.34. The molecule has 0 aromatic heterocycles. The van der Waals surface area contributed by atoms with Gasteiger partial charge in [-0.3, -0.25) is 4.31 Å². The van der Waals surface area contributed by atoms with Crippen molar-refractivity contribution >= 4 is 25.7 Å². The molecule has 28 heavy (non-hydrogen) atoms. The minimum atomic E-state index is -3.94. The number of hydrogen-bond donors (Lipinski definition) is 0. The van der Waals surface area contributed by atoms with Crippen LogP contribution in [0.2, 0.25) is 0 Å². The van der Waals surface area contributed by atoms with Gasteiger partial charge < -0.3 is 0 Å². The fraction of sp³-hybridized carbons (Fsp3) is 0.368. The van der Waals surface area contributed by atoms with E-state index in [0.717, 1.165) is 6.07 Å². The lowest BCUT2D eigenvalue weighted by atomic mass is 10.0. The van der Waals surface area contributed by atoms with Crippen molar-refractivity contribution in [3.8, 4) is 0 Å². The summed E-state index contributed by atoms with van der Waals surface area (Å²) in [5.74, 6) is -0.626. The smallest absolute Gasteiger partial charge is 0.264 e. The number of hydrogen-bond acceptors (Lipinski definition) is 4. The first kappa shape index (κ1) is 20.8. The Labute approximate surface area is 165 Å². The molecular formula is C19H23FN2O4S2. The van der Waals surface area contributed by atoms with Crippen LogP contribution in [0.15, 0.2) is 52.3 Å². The van der Waals surface area contributed by atoms with Crippen molar-refractivity contribution in [2.75, 3.05) is 23.9 Å². The van der Waals surface area contributed by atoms with E-state index < -0.39 is 25.9 Å². The fourth-order valence-corrected chi connectivity index (χ4v) is 6.50. The average Bonchev–Trinajstić information content (AvgIpc) is 2.67. The van der Waals surface area contributed by atoms with E-state index in [0.29, 0.717) is 37.2 Å². The average molecular weight is 427 g/mol. The van der Waals surface area contributed by atoms with Crippen molar-refractivity contribution in [2.24, 2.45) is 0 Å². The molecular weight excluding hydrogens is 403 g/mol. The van der Waals surface area contributed by atoms with Gasteiger partial charge in [-0.2, -0.15) is 4.31 Å². The Kier molecular flexibility index (Phi) is 5.79. The van der Waals surface area contributed by atoms with Gasteiger partial charge in [0.15, 0.2) is 0 Å². The van der Waals surface area contributed by atoms with E-state index in [4.69, 9.17) is 0 Å². The molecule has 1 aliphatic rings. The van der Waals surface area contributed by atoms with Crippen LogP contribution in [0, 0.1) is 5.82 Å². The van der Waals surface area contributed by atoms with Crippen LogP contribution in [0.25, 0.3) is 0 Å². The fourth-order valence-electron chi connectivity index (χ4n) is 3.42. The van der Waals surface area contributed by atoms with Crippen LogP contribution in [-0.2, 0) is 26.5 Å². The van der Waals surface area contributed by atoms with Gasteiger partial charge >= 0.3 is 0 Å². The Morgan fingerprint density at radius 1 is 1.00 bits per heavy atom. The van der Waals surface area contributed by atoms with Crippen molar-refractivity contribution in [1.82, 2.24) is 4.31 Å². The highest BCUT2D eigenvalue weighted by atomic mass is 32.2. The van der Waals surface area contributed by atoms with Gasteiger partial charge in [0.25, 0.3) is 10.0 Å². The lowest BCUT2D eigenvalue weighted by molar-refractivity contribution is 0.445. The zero-order valence-corrected chi connectivity index (χ0v) is 17.4. The molecule has 0 N–H and O–H groups in total. The molecule has 0 aliphatic carbocycles. The number of aryl methyl sites for hydroxylation is 1. The molecule has 0 amide bonds. The Morgan fingerprint density at radius 2 is 1.71 bits per heavy atom. The maximum atomic E-state index is 13.5. The van der Waals surface area contributed by atoms with Gasteiger partial charge in [0, 0.05) is 19.6 Å². The summed E-state index contributed by atoms with van der Waals surface area (Å²) in [6, 6.07) is 9.40. The summed E-state index contributed by atoms with van der Waals surface area (Å²) in [6.45, 7) is 4.51. The van der Waals surface area contributed by atoms with Crippen molar-refractivity contribution in [3.63, 3.8) is 0 Å². The molecule has 0 spiro atoms. The van der Waals surface area contributed by atoms with Gasteiger partial charge in [-0.05, 0) is 54.8 Å². The molecule has 0 unspecified atom stereocenters. The Bertz CT molecular complexity index is 1080. The summed E-state index contributed by atoms with van der Waals surface area (Å²) in [5, 5.41) is 0. The zero-order chi connectivity index (χ0) is 20.5. The maximum Gasteiger partial charge on any atom is 0.264 e. The molecule has 0 saturated heterocycles. The van der Waals surface area contributed by atoms with Gasteiger partial charge in [0.05, 0.1) is 15.5 Å².